The maximum atomic E-state index is 14.3. The molecular formula is C17H25FN2. The zero-order valence-electron chi connectivity index (χ0n) is 13.1. The third kappa shape index (κ3) is 3.92. The number of benzene rings is 1. The molecule has 110 valence electrons. The Bertz CT molecular complexity index is 498. The van der Waals surface area contributed by atoms with E-state index in [2.05, 4.69) is 30.7 Å². The predicted molar refractivity (Wildman–Crippen MR) is 84.9 cm³/mol. The SMILES string of the molecule is C=CNC(=N[C@@H](C)CC)c1cccc(C(C)(C)F)c1C. The largest absolute Gasteiger partial charge is 0.347 e. The average Bonchev–Trinajstić information content (AvgIpc) is 2.37. The van der Waals surface area contributed by atoms with Gasteiger partial charge in [-0.3, -0.25) is 4.99 Å². The van der Waals surface area contributed by atoms with Crippen molar-refractivity contribution in [2.75, 3.05) is 0 Å². The highest BCUT2D eigenvalue weighted by Crippen LogP contribution is 2.29. The van der Waals surface area contributed by atoms with Gasteiger partial charge in [-0.15, -0.1) is 0 Å². The van der Waals surface area contributed by atoms with Crippen molar-refractivity contribution >= 4 is 5.84 Å². The molecule has 0 saturated heterocycles. The lowest BCUT2D eigenvalue weighted by Gasteiger charge is -2.21. The zero-order chi connectivity index (χ0) is 15.3. The summed E-state index contributed by atoms with van der Waals surface area (Å²) in [6.07, 6.45) is 2.56. The molecule has 0 aliphatic heterocycles. The minimum absolute atomic E-state index is 0.207. The van der Waals surface area contributed by atoms with Gasteiger partial charge in [0.2, 0.25) is 0 Å². The van der Waals surface area contributed by atoms with Gasteiger partial charge in [0.1, 0.15) is 11.5 Å². The molecule has 0 fully saturated rings. The first-order valence-corrected chi connectivity index (χ1v) is 7.05. The molecule has 0 unspecified atom stereocenters. The van der Waals surface area contributed by atoms with Gasteiger partial charge in [-0.25, -0.2) is 4.39 Å². The topological polar surface area (TPSA) is 24.4 Å². The van der Waals surface area contributed by atoms with Crippen LogP contribution in [-0.2, 0) is 5.67 Å². The van der Waals surface area contributed by atoms with Crippen LogP contribution in [0, 0.1) is 6.92 Å². The predicted octanol–water partition coefficient (Wildman–Crippen LogP) is 4.48. The van der Waals surface area contributed by atoms with E-state index in [1.165, 1.54) is 0 Å². The maximum absolute atomic E-state index is 14.3. The van der Waals surface area contributed by atoms with Crippen LogP contribution in [0.4, 0.5) is 4.39 Å². The van der Waals surface area contributed by atoms with E-state index in [4.69, 9.17) is 0 Å². The van der Waals surface area contributed by atoms with E-state index in [-0.39, 0.29) is 6.04 Å². The lowest BCUT2D eigenvalue weighted by atomic mass is 9.91. The average molecular weight is 276 g/mol. The summed E-state index contributed by atoms with van der Waals surface area (Å²) in [5.41, 5.74) is 1.16. The molecule has 2 nitrogen and oxygen atoms in total. The number of nitrogens with zero attached hydrogens (tertiary/aromatic N) is 1. The zero-order valence-corrected chi connectivity index (χ0v) is 13.1. The molecule has 0 heterocycles. The fourth-order valence-corrected chi connectivity index (χ4v) is 2.13. The minimum Gasteiger partial charge on any atom is -0.347 e. The second-order valence-electron chi connectivity index (χ2n) is 5.53. The number of hydrogen-bond acceptors (Lipinski definition) is 1. The van der Waals surface area contributed by atoms with E-state index in [9.17, 15) is 4.39 Å². The second-order valence-corrected chi connectivity index (χ2v) is 5.53. The van der Waals surface area contributed by atoms with Gasteiger partial charge in [-0.2, -0.15) is 0 Å². The molecule has 1 aromatic carbocycles. The Hall–Kier alpha value is -1.64. The Morgan fingerprint density at radius 2 is 2.15 bits per heavy atom. The Morgan fingerprint density at radius 3 is 2.65 bits per heavy atom. The highest BCUT2D eigenvalue weighted by atomic mass is 19.1. The monoisotopic (exact) mass is 276 g/mol. The normalized spacial score (nSPS) is 14.0. The highest BCUT2D eigenvalue weighted by molar-refractivity contribution is 6.01. The number of halogens is 1. The number of alkyl halides is 1. The number of amidine groups is 1. The summed E-state index contributed by atoms with van der Waals surface area (Å²) in [5.74, 6) is 0.748. The number of rotatable bonds is 5. The smallest absolute Gasteiger partial charge is 0.132 e. The molecule has 20 heavy (non-hydrogen) atoms. The number of hydrogen-bond donors (Lipinski definition) is 1. The second kappa shape index (κ2) is 6.69. The molecule has 0 spiro atoms. The van der Waals surface area contributed by atoms with Crippen molar-refractivity contribution in [1.82, 2.24) is 5.32 Å². The summed E-state index contributed by atoms with van der Waals surface area (Å²) in [4.78, 5) is 4.65. The quantitative estimate of drug-likeness (QED) is 0.622. The van der Waals surface area contributed by atoms with Crippen molar-refractivity contribution < 1.29 is 4.39 Å². The van der Waals surface area contributed by atoms with Crippen LogP contribution in [0.3, 0.4) is 0 Å². The molecular weight excluding hydrogens is 251 g/mol. The Balaban J connectivity index is 3.35. The lowest BCUT2D eigenvalue weighted by molar-refractivity contribution is 0.220. The van der Waals surface area contributed by atoms with E-state index >= 15 is 0 Å². The molecule has 0 amide bonds. The lowest BCUT2D eigenvalue weighted by Crippen LogP contribution is -2.23. The van der Waals surface area contributed by atoms with Crippen molar-refractivity contribution in [2.24, 2.45) is 4.99 Å². The molecule has 1 rings (SSSR count). The van der Waals surface area contributed by atoms with E-state index in [1.807, 2.05) is 25.1 Å². The first kappa shape index (κ1) is 16.4. The van der Waals surface area contributed by atoms with Gasteiger partial charge in [0.05, 0.1) is 0 Å². The van der Waals surface area contributed by atoms with E-state index in [1.54, 1.807) is 20.0 Å². The first-order chi connectivity index (χ1) is 9.31. The van der Waals surface area contributed by atoms with Crippen LogP contribution in [-0.4, -0.2) is 11.9 Å². The molecule has 0 aliphatic carbocycles. The van der Waals surface area contributed by atoms with Crippen molar-refractivity contribution in [3.05, 3.63) is 47.7 Å². The van der Waals surface area contributed by atoms with Gasteiger partial charge in [0.25, 0.3) is 0 Å². The van der Waals surface area contributed by atoms with Gasteiger partial charge >= 0.3 is 0 Å². The van der Waals surface area contributed by atoms with Crippen LogP contribution in [0.5, 0.6) is 0 Å². The molecule has 0 aliphatic rings. The summed E-state index contributed by atoms with van der Waals surface area (Å²) in [6.45, 7) is 12.9. The Labute approximate surface area is 121 Å². The number of nitrogens with one attached hydrogen (secondary N) is 1. The van der Waals surface area contributed by atoms with Crippen LogP contribution in [0.25, 0.3) is 0 Å². The minimum atomic E-state index is -1.37. The van der Waals surface area contributed by atoms with Crippen molar-refractivity contribution in [3.8, 4) is 0 Å². The molecule has 0 bridgehead atoms. The summed E-state index contributed by atoms with van der Waals surface area (Å²) >= 11 is 0. The molecule has 0 radical (unpaired) electrons. The van der Waals surface area contributed by atoms with Gasteiger partial charge in [-0.1, -0.05) is 31.7 Å². The summed E-state index contributed by atoms with van der Waals surface area (Å²) in [7, 11) is 0. The van der Waals surface area contributed by atoms with Gasteiger partial charge in [-0.05, 0) is 51.4 Å². The first-order valence-electron chi connectivity index (χ1n) is 7.05. The fourth-order valence-electron chi connectivity index (χ4n) is 2.13. The molecule has 1 N–H and O–H groups in total. The van der Waals surface area contributed by atoms with E-state index < -0.39 is 5.67 Å². The van der Waals surface area contributed by atoms with Crippen molar-refractivity contribution in [3.63, 3.8) is 0 Å². The third-order valence-electron chi connectivity index (χ3n) is 3.41. The Kier molecular flexibility index (Phi) is 5.49. The molecule has 1 atom stereocenters. The van der Waals surface area contributed by atoms with Gasteiger partial charge < -0.3 is 5.32 Å². The van der Waals surface area contributed by atoms with E-state index in [0.717, 1.165) is 23.4 Å². The molecule has 3 heteroatoms. The van der Waals surface area contributed by atoms with Crippen molar-refractivity contribution in [1.29, 1.82) is 0 Å². The third-order valence-corrected chi connectivity index (χ3v) is 3.41. The van der Waals surface area contributed by atoms with Crippen LogP contribution in [0.15, 0.2) is 36.0 Å². The summed E-state index contributed by atoms with van der Waals surface area (Å²) < 4.78 is 14.3. The van der Waals surface area contributed by atoms with Crippen LogP contribution >= 0.6 is 0 Å². The van der Waals surface area contributed by atoms with Crippen LogP contribution < -0.4 is 5.32 Å². The van der Waals surface area contributed by atoms with Crippen molar-refractivity contribution in [2.45, 2.75) is 52.8 Å². The molecule has 1 aromatic rings. The van der Waals surface area contributed by atoms with E-state index in [0.29, 0.717) is 5.56 Å². The molecule has 0 aromatic heterocycles. The standard InChI is InChI=1S/C17H25FN2/c1-7-12(3)20-16(19-8-2)14-10-9-11-15(13(14)4)17(5,6)18/h8-12H,2,7H2,1,3-6H3,(H,19,20)/t12-/m0/s1. The van der Waals surface area contributed by atoms with Crippen LogP contribution in [0.1, 0.15) is 50.8 Å². The highest BCUT2D eigenvalue weighted by Gasteiger charge is 2.23. The van der Waals surface area contributed by atoms with Gasteiger partial charge in [0.15, 0.2) is 0 Å². The maximum Gasteiger partial charge on any atom is 0.132 e. The fraction of sp³-hybridized carbons (Fsp3) is 0.471. The summed E-state index contributed by atoms with van der Waals surface area (Å²) in [5, 5.41) is 3.08. The van der Waals surface area contributed by atoms with Gasteiger partial charge in [0, 0.05) is 11.6 Å². The number of aliphatic imine (C=N–C) groups is 1. The summed E-state index contributed by atoms with van der Waals surface area (Å²) in [6, 6.07) is 5.87. The van der Waals surface area contributed by atoms with Crippen LogP contribution in [0.2, 0.25) is 0 Å². The Morgan fingerprint density at radius 1 is 1.50 bits per heavy atom. The molecule has 0 saturated carbocycles.